The molecule has 2 rings (SSSR count). The standard InChI is InChI=1S/C10H14N4S/c1-8(11)10-12-7-14(13-10)4-2-9-3-5-15-6-9/h3,5-8H,2,4,11H2,1H3. The van der Waals surface area contributed by atoms with Crippen molar-refractivity contribution in [3.63, 3.8) is 0 Å². The first-order chi connectivity index (χ1) is 7.25. The first kappa shape index (κ1) is 10.3. The van der Waals surface area contributed by atoms with E-state index in [0.29, 0.717) is 5.82 Å². The van der Waals surface area contributed by atoms with E-state index in [9.17, 15) is 0 Å². The number of nitrogens with zero attached hydrogens (tertiary/aromatic N) is 3. The lowest BCUT2D eigenvalue weighted by Gasteiger charge is -1.99. The highest BCUT2D eigenvalue weighted by molar-refractivity contribution is 7.07. The van der Waals surface area contributed by atoms with E-state index in [2.05, 4.69) is 26.9 Å². The zero-order chi connectivity index (χ0) is 10.7. The second-order valence-electron chi connectivity index (χ2n) is 3.54. The molecule has 0 spiro atoms. The third-order valence-corrected chi connectivity index (χ3v) is 2.90. The number of hydrogen-bond donors (Lipinski definition) is 1. The van der Waals surface area contributed by atoms with Crippen LogP contribution in [0.15, 0.2) is 23.2 Å². The Balaban J connectivity index is 1.94. The molecule has 4 nitrogen and oxygen atoms in total. The maximum atomic E-state index is 5.68. The molecule has 0 aliphatic rings. The van der Waals surface area contributed by atoms with E-state index in [4.69, 9.17) is 5.73 Å². The first-order valence-electron chi connectivity index (χ1n) is 4.91. The second kappa shape index (κ2) is 4.55. The molecule has 0 fully saturated rings. The Labute approximate surface area is 92.8 Å². The van der Waals surface area contributed by atoms with Gasteiger partial charge >= 0.3 is 0 Å². The van der Waals surface area contributed by atoms with Gasteiger partial charge in [-0.05, 0) is 35.7 Å². The summed E-state index contributed by atoms with van der Waals surface area (Å²) < 4.78 is 1.84. The Kier molecular flexibility index (Phi) is 3.13. The summed E-state index contributed by atoms with van der Waals surface area (Å²) in [4.78, 5) is 4.15. The van der Waals surface area contributed by atoms with Crippen LogP contribution < -0.4 is 5.73 Å². The summed E-state index contributed by atoms with van der Waals surface area (Å²) in [5.41, 5.74) is 7.03. The Morgan fingerprint density at radius 1 is 1.60 bits per heavy atom. The van der Waals surface area contributed by atoms with E-state index in [1.165, 1.54) is 5.56 Å². The third-order valence-electron chi connectivity index (χ3n) is 2.17. The quantitative estimate of drug-likeness (QED) is 0.855. The van der Waals surface area contributed by atoms with E-state index >= 15 is 0 Å². The summed E-state index contributed by atoms with van der Waals surface area (Å²) in [7, 11) is 0. The summed E-state index contributed by atoms with van der Waals surface area (Å²) in [6, 6.07) is 2.04. The molecule has 2 aromatic heterocycles. The number of rotatable bonds is 4. The molecule has 80 valence electrons. The summed E-state index contributed by atoms with van der Waals surface area (Å²) in [6.45, 7) is 2.75. The maximum absolute atomic E-state index is 5.68. The van der Waals surface area contributed by atoms with Gasteiger partial charge in [-0.25, -0.2) is 4.98 Å². The van der Waals surface area contributed by atoms with Gasteiger partial charge in [0.2, 0.25) is 0 Å². The van der Waals surface area contributed by atoms with Crippen molar-refractivity contribution in [2.75, 3.05) is 0 Å². The molecule has 0 radical (unpaired) electrons. The van der Waals surface area contributed by atoms with E-state index in [0.717, 1.165) is 13.0 Å². The van der Waals surface area contributed by atoms with Crippen molar-refractivity contribution in [2.24, 2.45) is 5.73 Å². The van der Waals surface area contributed by atoms with Gasteiger partial charge < -0.3 is 5.73 Å². The van der Waals surface area contributed by atoms with E-state index in [-0.39, 0.29) is 6.04 Å². The van der Waals surface area contributed by atoms with Crippen LogP contribution in [0, 0.1) is 0 Å². The molecule has 0 bridgehead atoms. The average molecular weight is 222 g/mol. The fourth-order valence-corrected chi connectivity index (χ4v) is 2.01. The van der Waals surface area contributed by atoms with E-state index in [1.807, 2.05) is 11.6 Å². The van der Waals surface area contributed by atoms with Gasteiger partial charge in [0.1, 0.15) is 6.33 Å². The smallest absolute Gasteiger partial charge is 0.166 e. The van der Waals surface area contributed by atoms with Crippen LogP contribution in [0.2, 0.25) is 0 Å². The predicted octanol–water partition coefficient (Wildman–Crippen LogP) is 1.60. The molecular weight excluding hydrogens is 208 g/mol. The number of hydrogen-bond acceptors (Lipinski definition) is 4. The van der Waals surface area contributed by atoms with Gasteiger partial charge in [0, 0.05) is 6.54 Å². The molecular formula is C10H14N4S. The van der Waals surface area contributed by atoms with Gasteiger partial charge in [0.25, 0.3) is 0 Å². The molecule has 2 heterocycles. The molecule has 1 atom stereocenters. The van der Waals surface area contributed by atoms with E-state index in [1.54, 1.807) is 17.7 Å². The topological polar surface area (TPSA) is 56.7 Å². The summed E-state index contributed by atoms with van der Waals surface area (Å²) >= 11 is 1.72. The molecule has 0 saturated carbocycles. The molecule has 2 aromatic rings. The summed E-state index contributed by atoms with van der Waals surface area (Å²) in [6.07, 6.45) is 2.73. The molecule has 0 saturated heterocycles. The monoisotopic (exact) mass is 222 g/mol. The average Bonchev–Trinajstić information content (AvgIpc) is 2.86. The SMILES string of the molecule is CC(N)c1ncn(CCc2ccsc2)n1. The van der Waals surface area contributed by atoms with Crippen LogP contribution in [0.25, 0.3) is 0 Å². The Bertz CT molecular complexity index is 405. The molecule has 1 unspecified atom stereocenters. The number of aryl methyl sites for hydroxylation is 2. The minimum absolute atomic E-state index is 0.0904. The molecule has 0 aromatic carbocycles. The van der Waals surface area contributed by atoms with Gasteiger partial charge in [-0.3, -0.25) is 4.68 Å². The van der Waals surface area contributed by atoms with Crippen molar-refractivity contribution < 1.29 is 0 Å². The van der Waals surface area contributed by atoms with Crippen LogP contribution in [0.4, 0.5) is 0 Å². The van der Waals surface area contributed by atoms with Gasteiger partial charge in [-0.1, -0.05) is 0 Å². The fourth-order valence-electron chi connectivity index (χ4n) is 1.30. The van der Waals surface area contributed by atoms with Crippen molar-refractivity contribution in [3.05, 3.63) is 34.5 Å². The Hall–Kier alpha value is -1.20. The highest BCUT2D eigenvalue weighted by atomic mass is 32.1. The van der Waals surface area contributed by atoms with Crippen LogP contribution in [0.3, 0.4) is 0 Å². The molecule has 15 heavy (non-hydrogen) atoms. The molecule has 2 N–H and O–H groups in total. The predicted molar refractivity (Wildman–Crippen MR) is 60.6 cm³/mol. The minimum atomic E-state index is -0.0904. The molecule has 0 aliphatic heterocycles. The van der Waals surface area contributed by atoms with Crippen LogP contribution in [0.5, 0.6) is 0 Å². The lowest BCUT2D eigenvalue weighted by Crippen LogP contribution is -2.09. The first-order valence-corrected chi connectivity index (χ1v) is 5.86. The summed E-state index contributed by atoms with van der Waals surface area (Å²) in [5, 5.41) is 8.54. The van der Waals surface area contributed by atoms with Crippen molar-refractivity contribution in [3.8, 4) is 0 Å². The number of thiophene rings is 1. The van der Waals surface area contributed by atoms with Gasteiger partial charge in [0.05, 0.1) is 6.04 Å². The molecule has 0 amide bonds. The van der Waals surface area contributed by atoms with Crippen LogP contribution in [-0.4, -0.2) is 14.8 Å². The third kappa shape index (κ3) is 2.64. The normalized spacial score (nSPS) is 12.9. The van der Waals surface area contributed by atoms with Crippen molar-refractivity contribution >= 4 is 11.3 Å². The van der Waals surface area contributed by atoms with Gasteiger partial charge in [0.15, 0.2) is 5.82 Å². The second-order valence-corrected chi connectivity index (χ2v) is 4.32. The zero-order valence-corrected chi connectivity index (χ0v) is 9.44. The lowest BCUT2D eigenvalue weighted by atomic mass is 10.2. The Morgan fingerprint density at radius 2 is 2.47 bits per heavy atom. The van der Waals surface area contributed by atoms with Crippen molar-refractivity contribution in [1.29, 1.82) is 0 Å². The van der Waals surface area contributed by atoms with Crippen LogP contribution in [0.1, 0.15) is 24.4 Å². The van der Waals surface area contributed by atoms with Gasteiger partial charge in [-0.2, -0.15) is 16.4 Å². The van der Waals surface area contributed by atoms with Crippen molar-refractivity contribution in [1.82, 2.24) is 14.8 Å². The highest BCUT2D eigenvalue weighted by Gasteiger charge is 2.05. The van der Waals surface area contributed by atoms with E-state index < -0.39 is 0 Å². The number of aromatic nitrogens is 3. The lowest BCUT2D eigenvalue weighted by molar-refractivity contribution is 0.596. The molecule has 0 aliphatic carbocycles. The van der Waals surface area contributed by atoms with Gasteiger partial charge in [-0.15, -0.1) is 0 Å². The van der Waals surface area contributed by atoms with Crippen LogP contribution >= 0.6 is 11.3 Å². The highest BCUT2D eigenvalue weighted by Crippen LogP contribution is 2.08. The Morgan fingerprint density at radius 3 is 3.07 bits per heavy atom. The maximum Gasteiger partial charge on any atom is 0.166 e. The number of nitrogens with two attached hydrogens (primary N) is 1. The van der Waals surface area contributed by atoms with Crippen LogP contribution in [-0.2, 0) is 13.0 Å². The largest absolute Gasteiger partial charge is 0.321 e. The minimum Gasteiger partial charge on any atom is -0.321 e. The zero-order valence-electron chi connectivity index (χ0n) is 8.63. The van der Waals surface area contributed by atoms with Crippen molar-refractivity contribution in [2.45, 2.75) is 25.9 Å². The fraction of sp³-hybridized carbons (Fsp3) is 0.400. The molecule has 5 heteroatoms. The summed E-state index contributed by atoms with van der Waals surface area (Å²) in [5.74, 6) is 0.709.